The monoisotopic (exact) mass is 1070 g/mol. The minimum atomic E-state index is -3.71. The summed E-state index contributed by atoms with van der Waals surface area (Å²) < 4.78 is 46.4. The number of carboxylic acid groups (broad SMARTS) is 2. The van der Waals surface area contributed by atoms with Crippen molar-refractivity contribution in [1.29, 1.82) is 0 Å². The van der Waals surface area contributed by atoms with Crippen LogP contribution in [0.15, 0.2) is 15.7 Å². The first-order valence-corrected chi connectivity index (χ1v) is 23.5. The van der Waals surface area contributed by atoms with Gasteiger partial charge in [0.1, 0.15) is 97.2 Å². The minimum absolute atomic E-state index is 0.00605. The summed E-state index contributed by atoms with van der Waals surface area (Å²) in [6.45, 7) is -0.242. The van der Waals surface area contributed by atoms with Crippen molar-refractivity contribution >= 4 is 23.8 Å². The number of aliphatic hydroxyl groups is 12. The standard InChI is InChI=1S/C42H66N4O28/c1-14-23(54)26(57)27(58)38(68-14)71-32-22(46-35(62)16-11-19(51)45-41(66)44-16)37(67-10-8-6-4-3-5-7-9-20(52)53)69-18(13-48)30(32)70-39-29(60)33(28(59)36(63)72-39)74-42(40(64)65)34(61)25(56)21(43-15(2)49)31(73-42)24(55)17(50)12-47/h11,14,17-18,21-34,36-39,47-48,50,54-61,63H,3-10,12-13H2,1-2H3,(H,43,49)(H,46,62)(H,52,53)(H,64,65)(H2,44,45,51,66)/t14?,17-,18-,21?,22-,23+,24-,25-,26+,27-,28-,29?,30-,31?,32?,33+,34-,36+,37-,38?,39-,42?/m1/s1. The van der Waals surface area contributed by atoms with Crippen LogP contribution in [0.1, 0.15) is 69.3 Å². The zero-order valence-electron chi connectivity index (χ0n) is 39.7. The number of hydrogen-bond acceptors (Lipinski definition) is 26. The Labute approximate surface area is 418 Å². The van der Waals surface area contributed by atoms with Gasteiger partial charge < -0.3 is 125 Å². The lowest BCUT2D eigenvalue weighted by atomic mass is 9.86. The van der Waals surface area contributed by atoms with E-state index in [-0.39, 0.29) is 13.0 Å². The number of hydrogen-bond donors (Lipinski definition) is 18. The number of unbranched alkanes of at least 4 members (excludes halogenated alkanes) is 5. The van der Waals surface area contributed by atoms with Crippen molar-refractivity contribution in [2.75, 3.05) is 19.8 Å². The fraction of sp³-hybridized carbons (Fsp3) is 0.810. The molecular weight excluding hydrogens is 1010 g/mol. The largest absolute Gasteiger partial charge is 0.481 e. The van der Waals surface area contributed by atoms with Crippen LogP contribution >= 0.6 is 0 Å². The summed E-state index contributed by atoms with van der Waals surface area (Å²) in [7, 11) is 0. The molecule has 32 heteroatoms. The van der Waals surface area contributed by atoms with Crippen molar-refractivity contribution in [3.63, 3.8) is 0 Å². The molecule has 1 aromatic heterocycles. The summed E-state index contributed by atoms with van der Waals surface area (Å²) in [4.78, 5) is 78.5. The summed E-state index contributed by atoms with van der Waals surface area (Å²) in [5.74, 6) is -9.16. The quantitative estimate of drug-likeness (QED) is 0.0428. The predicted molar refractivity (Wildman–Crippen MR) is 234 cm³/mol. The highest BCUT2D eigenvalue weighted by Crippen LogP contribution is 2.39. The molecule has 5 heterocycles. The Kier molecular flexibility index (Phi) is 21.9. The second-order valence-corrected chi connectivity index (χ2v) is 18.2. The first kappa shape index (κ1) is 60.6. The van der Waals surface area contributed by atoms with E-state index in [1.54, 1.807) is 0 Å². The maximum absolute atomic E-state index is 13.9. The van der Waals surface area contributed by atoms with Gasteiger partial charge in [0.15, 0.2) is 25.2 Å². The van der Waals surface area contributed by atoms with Crippen molar-refractivity contribution in [3.8, 4) is 0 Å². The molecule has 0 aromatic carbocycles. The summed E-state index contributed by atoms with van der Waals surface area (Å²) in [6, 6.07) is -3.07. The number of carbonyl (C=O) groups excluding carboxylic acids is 2. The number of rotatable bonds is 24. The zero-order valence-corrected chi connectivity index (χ0v) is 39.7. The van der Waals surface area contributed by atoms with Crippen LogP contribution in [0.5, 0.6) is 0 Å². The van der Waals surface area contributed by atoms with E-state index in [2.05, 4.69) is 15.6 Å². The van der Waals surface area contributed by atoms with Gasteiger partial charge in [-0.15, -0.1) is 0 Å². The third kappa shape index (κ3) is 14.2. The van der Waals surface area contributed by atoms with Gasteiger partial charge in [0.25, 0.3) is 17.3 Å². The van der Waals surface area contributed by atoms with Gasteiger partial charge in [-0.1, -0.05) is 25.7 Å². The average Bonchev–Trinajstić information content (AvgIpc) is 3.34. The molecule has 0 bridgehead atoms. The van der Waals surface area contributed by atoms with Gasteiger partial charge in [-0.3, -0.25) is 24.2 Å². The summed E-state index contributed by atoms with van der Waals surface area (Å²) >= 11 is 0. The van der Waals surface area contributed by atoms with Gasteiger partial charge in [0.05, 0.1) is 25.4 Å². The molecule has 4 fully saturated rings. The maximum atomic E-state index is 13.9. The minimum Gasteiger partial charge on any atom is -0.481 e. The fourth-order valence-electron chi connectivity index (χ4n) is 8.78. The van der Waals surface area contributed by atoms with E-state index in [9.17, 15) is 95.2 Å². The Balaban J connectivity index is 1.53. The van der Waals surface area contributed by atoms with Gasteiger partial charge in [0, 0.05) is 26.0 Å². The van der Waals surface area contributed by atoms with Crippen LogP contribution in [-0.2, 0) is 52.3 Å². The molecule has 0 radical (unpaired) electrons. The van der Waals surface area contributed by atoms with Crippen LogP contribution in [-0.4, -0.2) is 260 Å². The second kappa shape index (κ2) is 26.7. The van der Waals surface area contributed by atoms with Gasteiger partial charge in [-0.2, -0.15) is 0 Å². The van der Waals surface area contributed by atoms with Crippen LogP contribution in [0.3, 0.4) is 0 Å². The zero-order chi connectivity index (χ0) is 54.9. The highest BCUT2D eigenvalue weighted by atomic mass is 16.8. The Morgan fingerprint density at radius 2 is 1.36 bits per heavy atom. The van der Waals surface area contributed by atoms with Crippen molar-refractivity contribution in [3.05, 3.63) is 32.6 Å². The van der Waals surface area contributed by atoms with Crippen LogP contribution in [0, 0.1) is 0 Å². The number of aromatic amines is 2. The molecule has 7 unspecified atom stereocenters. The number of aliphatic carboxylic acids is 2. The topological polar surface area (TPSA) is 515 Å². The predicted octanol–water partition coefficient (Wildman–Crippen LogP) is -8.79. The Hall–Kier alpha value is -4.24. The van der Waals surface area contributed by atoms with E-state index in [0.717, 1.165) is 6.92 Å². The van der Waals surface area contributed by atoms with Crippen molar-refractivity contribution in [2.24, 2.45) is 0 Å². The van der Waals surface area contributed by atoms with Crippen LogP contribution in [0.4, 0.5) is 0 Å². The van der Waals surface area contributed by atoms with E-state index in [4.69, 9.17) is 43.0 Å². The van der Waals surface area contributed by atoms with E-state index >= 15 is 0 Å². The molecule has 0 spiro atoms. The first-order valence-electron chi connectivity index (χ1n) is 23.5. The third-order valence-corrected chi connectivity index (χ3v) is 12.7. The summed E-state index contributed by atoms with van der Waals surface area (Å²) in [6.07, 6.45) is -38.1. The Morgan fingerprint density at radius 3 is 1.97 bits per heavy atom. The molecule has 422 valence electrons. The fourth-order valence-corrected chi connectivity index (χ4v) is 8.78. The molecule has 5 rings (SSSR count). The number of aliphatic hydroxyl groups excluding tert-OH is 12. The van der Waals surface area contributed by atoms with Crippen LogP contribution in [0.25, 0.3) is 0 Å². The van der Waals surface area contributed by atoms with E-state index in [1.807, 2.05) is 4.98 Å². The van der Waals surface area contributed by atoms with E-state index in [0.29, 0.717) is 44.6 Å². The molecular formula is C42H66N4O28. The van der Waals surface area contributed by atoms with Gasteiger partial charge >= 0.3 is 17.6 Å². The highest BCUT2D eigenvalue weighted by Gasteiger charge is 2.65. The number of carboxylic acids is 2. The number of carbonyl (C=O) groups is 4. The van der Waals surface area contributed by atoms with Gasteiger partial charge in [-0.05, 0) is 19.8 Å². The molecule has 32 nitrogen and oxygen atoms in total. The molecule has 1 aromatic rings. The lowest BCUT2D eigenvalue weighted by molar-refractivity contribution is -0.415. The normalized spacial score (nSPS) is 38.4. The highest BCUT2D eigenvalue weighted by molar-refractivity contribution is 5.92. The smallest absolute Gasteiger partial charge is 0.367 e. The van der Waals surface area contributed by atoms with Crippen molar-refractivity contribution in [1.82, 2.24) is 20.6 Å². The molecule has 22 atom stereocenters. The molecule has 0 aliphatic carbocycles. The third-order valence-electron chi connectivity index (χ3n) is 12.7. The van der Waals surface area contributed by atoms with Gasteiger partial charge in [0.2, 0.25) is 5.91 Å². The molecule has 74 heavy (non-hydrogen) atoms. The summed E-state index contributed by atoms with van der Waals surface area (Å²) in [5, 5.41) is 154. The average molecular weight is 1070 g/mol. The number of amides is 2. The van der Waals surface area contributed by atoms with Crippen LogP contribution < -0.4 is 21.9 Å². The summed E-state index contributed by atoms with van der Waals surface area (Å²) in [5.41, 5.74) is -2.81. The molecule has 0 saturated carbocycles. The lowest BCUT2D eigenvalue weighted by Crippen LogP contribution is -2.76. The van der Waals surface area contributed by atoms with E-state index < -0.39 is 189 Å². The molecule has 4 saturated heterocycles. The van der Waals surface area contributed by atoms with Gasteiger partial charge in [-0.25, -0.2) is 9.59 Å². The number of aromatic nitrogens is 2. The number of H-pyrrole nitrogens is 2. The molecule has 2 amide bonds. The van der Waals surface area contributed by atoms with E-state index in [1.165, 1.54) is 6.92 Å². The SMILES string of the molecule is CC(=O)NC1C([C@H](O)[C@H](O)CO)OC(O[C@@H]2C(O)[C@H](O[C@H]3C(OC4OC(C)[C@H](O)[C@H](O)[C@H]4O)[C@@H](NC(=O)c4cc(=O)[nH]c(=O)[nH]4)[C@H](OCCCCCCCCC(=O)O)O[C@@H]3CO)O[C@H](O)[C@@H]2O)(C(=O)O)[C@H](O)[C@@H]1O. The number of ether oxygens (including phenoxy) is 8. The Morgan fingerprint density at radius 1 is 0.730 bits per heavy atom. The van der Waals surface area contributed by atoms with Crippen LogP contribution in [0.2, 0.25) is 0 Å². The first-order chi connectivity index (χ1) is 34.9. The molecule has 4 aliphatic heterocycles. The lowest BCUT2D eigenvalue weighted by Gasteiger charge is -2.52. The second-order valence-electron chi connectivity index (χ2n) is 18.2. The maximum Gasteiger partial charge on any atom is 0.367 e. The molecule has 18 N–H and O–H groups in total. The van der Waals surface area contributed by atoms with Crippen molar-refractivity contribution < 1.29 is 129 Å². The molecule has 4 aliphatic rings. The number of nitrogens with one attached hydrogen (secondary N) is 4. The Bertz CT molecular complexity index is 2110. The van der Waals surface area contributed by atoms with Crippen molar-refractivity contribution in [2.45, 2.75) is 193 Å².